The minimum atomic E-state index is -0.150. The van der Waals surface area contributed by atoms with Gasteiger partial charge in [0.2, 0.25) is 11.8 Å². The number of hydrogen-bond donors (Lipinski definition) is 3. The minimum Gasteiger partial charge on any atom is -0.481 e. The fourth-order valence-corrected chi connectivity index (χ4v) is 3.31. The molecule has 0 bridgehead atoms. The van der Waals surface area contributed by atoms with Crippen LogP contribution in [0.1, 0.15) is 22.5 Å². The number of nitrogens with zero attached hydrogens (tertiary/aromatic N) is 3. The number of rotatable bonds is 9. The van der Waals surface area contributed by atoms with Gasteiger partial charge in [0.25, 0.3) is 5.56 Å². The summed E-state index contributed by atoms with van der Waals surface area (Å²) >= 11 is 1.77. The fraction of sp³-hybridized carbons (Fsp3) is 0.333. The molecular formula is C18H22N6O2S. The Morgan fingerprint density at radius 3 is 2.78 bits per heavy atom. The Morgan fingerprint density at radius 2 is 2.11 bits per heavy atom. The molecule has 3 aromatic heterocycles. The number of aryl methyl sites for hydroxylation is 1. The topological polar surface area (TPSA) is 109 Å². The maximum absolute atomic E-state index is 12.3. The largest absolute Gasteiger partial charge is 0.481 e. The highest BCUT2D eigenvalue weighted by atomic mass is 32.2. The minimum absolute atomic E-state index is 0.150. The van der Waals surface area contributed by atoms with Crippen molar-refractivity contribution in [2.24, 2.45) is 0 Å². The number of anilines is 1. The number of aromatic amines is 2. The lowest BCUT2D eigenvalue weighted by molar-refractivity contribution is 0.397. The van der Waals surface area contributed by atoms with Gasteiger partial charge in [-0.15, -0.1) is 0 Å². The molecule has 0 aliphatic heterocycles. The van der Waals surface area contributed by atoms with Gasteiger partial charge >= 0.3 is 0 Å². The van der Waals surface area contributed by atoms with Crippen LogP contribution in [0.4, 0.5) is 5.95 Å². The van der Waals surface area contributed by atoms with Gasteiger partial charge < -0.3 is 15.0 Å². The zero-order valence-electron chi connectivity index (χ0n) is 15.3. The average molecular weight is 386 g/mol. The predicted octanol–water partition coefficient (Wildman–Crippen LogP) is 2.14. The summed E-state index contributed by atoms with van der Waals surface area (Å²) in [6, 6.07) is 3.66. The summed E-state index contributed by atoms with van der Waals surface area (Å²) in [7, 11) is 1.57. The van der Waals surface area contributed by atoms with Crippen LogP contribution in [0.3, 0.4) is 0 Å². The number of hydrogen-bond acceptors (Lipinski definition) is 7. The van der Waals surface area contributed by atoms with E-state index in [0.717, 1.165) is 28.5 Å². The maximum atomic E-state index is 12.3. The van der Waals surface area contributed by atoms with E-state index in [0.29, 0.717) is 30.4 Å². The summed E-state index contributed by atoms with van der Waals surface area (Å²) in [5, 5.41) is 3.14. The van der Waals surface area contributed by atoms with E-state index in [2.05, 4.69) is 30.2 Å². The Labute approximate surface area is 161 Å². The third-order valence-corrected chi connectivity index (χ3v) is 4.96. The normalized spacial score (nSPS) is 10.7. The summed E-state index contributed by atoms with van der Waals surface area (Å²) in [4.78, 5) is 30.8. The van der Waals surface area contributed by atoms with Crippen LogP contribution in [0, 0.1) is 6.92 Å². The molecule has 3 N–H and O–H groups in total. The van der Waals surface area contributed by atoms with Crippen molar-refractivity contribution in [3.63, 3.8) is 0 Å². The second-order valence-corrected chi connectivity index (χ2v) is 7.03. The number of nitrogens with one attached hydrogen (secondary N) is 3. The lowest BCUT2D eigenvalue weighted by Gasteiger charge is -2.06. The molecule has 0 aliphatic rings. The third-order valence-electron chi connectivity index (χ3n) is 3.99. The van der Waals surface area contributed by atoms with Crippen molar-refractivity contribution < 1.29 is 4.74 Å². The predicted molar refractivity (Wildman–Crippen MR) is 106 cm³/mol. The molecule has 0 radical (unpaired) electrons. The standard InChI is InChI=1S/C18H22N6O2S/c1-12-15(23-11-22-12)10-27-6-5-19-18-21-9-14(17(25)24-18)7-13-3-4-16(26-2)20-8-13/h3-4,8-9,11H,5-7,10H2,1-2H3,(H,22,23)(H2,19,21,24,25). The molecule has 0 saturated carbocycles. The number of ether oxygens (including phenoxy) is 1. The molecule has 3 aromatic rings. The third kappa shape index (κ3) is 5.33. The van der Waals surface area contributed by atoms with E-state index in [1.807, 2.05) is 13.0 Å². The van der Waals surface area contributed by atoms with Crippen molar-refractivity contribution in [3.8, 4) is 5.88 Å². The van der Waals surface area contributed by atoms with Crippen LogP contribution in [-0.4, -0.2) is 44.3 Å². The van der Waals surface area contributed by atoms with Gasteiger partial charge in [-0.1, -0.05) is 6.07 Å². The Bertz CT molecular complexity index is 922. The molecule has 0 saturated heterocycles. The van der Waals surface area contributed by atoms with Crippen molar-refractivity contribution in [3.05, 3.63) is 63.7 Å². The zero-order chi connectivity index (χ0) is 19.1. The average Bonchev–Trinajstić information content (AvgIpc) is 3.09. The first kappa shape index (κ1) is 19.0. The highest BCUT2D eigenvalue weighted by Gasteiger charge is 2.05. The van der Waals surface area contributed by atoms with Crippen LogP contribution in [0.5, 0.6) is 5.88 Å². The number of aromatic nitrogens is 5. The molecule has 3 heterocycles. The molecule has 0 aromatic carbocycles. The number of methoxy groups -OCH3 is 1. The van der Waals surface area contributed by atoms with Crippen LogP contribution >= 0.6 is 11.8 Å². The molecule has 9 heteroatoms. The van der Waals surface area contributed by atoms with Crippen LogP contribution < -0.4 is 15.6 Å². The van der Waals surface area contributed by atoms with Gasteiger partial charge in [-0.25, -0.2) is 15.0 Å². The smallest absolute Gasteiger partial charge is 0.255 e. The SMILES string of the molecule is COc1ccc(Cc2cnc(NCCSCc3nc[nH]c3C)[nH]c2=O)cn1. The van der Waals surface area contributed by atoms with Gasteiger partial charge in [0.15, 0.2) is 0 Å². The van der Waals surface area contributed by atoms with Crippen molar-refractivity contribution in [1.29, 1.82) is 0 Å². The van der Waals surface area contributed by atoms with E-state index in [9.17, 15) is 4.79 Å². The van der Waals surface area contributed by atoms with Gasteiger partial charge in [-0.3, -0.25) is 9.78 Å². The van der Waals surface area contributed by atoms with Crippen molar-refractivity contribution in [1.82, 2.24) is 24.9 Å². The number of pyridine rings is 1. The van der Waals surface area contributed by atoms with E-state index in [-0.39, 0.29) is 5.56 Å². The molecule has 0 amide bonds. The Hall–Kier alpha value is -2.81. The summed E-state index contributed by atoms with van der Waals surface area (Å²) in [6.07, 6.45) is 5.48. The Morgan fingerprint density at radius 1 is 1.22 bits per heavy atom. The summed E-state index contributed by atoms with van der Waals surface area (Å²) in [6.45, 7) is 2.72. The molecule has 0 atom stereocenters. The van der Waals surface area contributed by atoms with Crippen LogP contribution in [-0.2, 0) is 12.2 Å². The monoisotopic (exact) mass is 386 g/mol. The van der Waals surface area contributed by atoms with E-state index < -0.39 is 0 Å². The van der Waals surface area contributed by atoms with E-state index in [1.54, 1.807) is 43.7 Å². The van der Waals surface area contributed by atoms with Gasteiger partial charge in [-0.05, 0) is 12.5 Å². The number of imidazole rings is 1. The van der Waals surface area contributed by atoms with Gasteiger partial charge in [0, 0.05) is 54.2 Å². The lowest BCUT2D eigenvalue weighted by Crippen LogP contribution is -2.18. The first-order valence-corrected chi connectivity index (χ1v) is 9.68. The summed E-state index contributed by atoms with van der Waals surface area (Å²) in [5.74, 6) is 2.77. The molecule has 0 aliphatic carbocycles. The molecular weight excluding hydrogens is 364 g/mol. The van der Waals surface area contributed by atoms with Crippen LogP contribution in [0.2, 0.25) is 0 Å². The molecule has 8 nitrogen and oxygen atoms in total. The van der Waals surface area contributed by atoms with Gasteiger partial charge in [-0.2, -0.15) is 11.8 Å². The quantitative estimate of drug-likeness (QED) is 0.484. The zero-order valence-corrected chi connectivity index (χ0v) is 16.1. The van der Waals surface area contributed by atoms with Crippen molar-refractivity contribution >= 4 is 17.7 Å². The number of H-pyrrole nitrogens is 2. The van der Waals surface area contributed by atoms with Crippen molar-refractivity contribution in [2.45, 2.75) is 19.1 Å². The highest BCUT2D eigenvalue weighted by Crippen LogP contribution is 2.12. The molecule has 0 fully saturated rings. The van der Waals surface area contributed by atoms with Crippen molar-refractivity contribution in [2.75, 3.05) is 24.7 Å². The van der Waals surface area contributed by atoms with Crippen LogP contribution in [0.25, 0.3) is 0 Å². The first-order chi connectivity index (χ1) is 13.2. The first-order valence-electron chi connectivity index (χ1n) is 8.53. The molecule has 0 spiro atoms. The van der Waals surface area contributed by atoms with Crippen LogP contribution in [0.15, 0.2) is 35.6 Å². The van der Waals surface area contributed by atoms with E-state index in [1.165, 1.54) is 0 Å². The Balaban J connectivity index is 1.47. The molecule has 0 unspecified atom stereocenters. The molecule has 3 rings (SSSR count). The van der Waals surface area contributed by atoms with E-state index in [4.69, 9.17) is 4.74 Å². The molecule has 142 valence electrons. The maximum Gasteiger partial charge on any atom is 0.255 e. The van der Waals surface area contributed by atoms with Gasteiger partial charge in [0.05, 0.1) is 19.1 Å². The summed E-state index contributed by atoms with van der Waals surface area (Å²) < 4.78 is 5.03. The fourth-order valence-electron chi connectivity index (χ4n) is 2.44. The molecule has 27 heavy (non-hydrogen) atoms. The summed E-state index contributed by atoms with van der Waals surface area (Å²) in [5.41, 5.74) is 3.54. The Kier molecular flexibility index (Phi) is 6.48. The lowest BCUT2D eigenvalue weighted by atomic mass is 10.1. The van der Waals surface area contributed by atoms with E-state index >= 15 is 0 Å². The number of thioether (sulfide) groups is 1. The second-order valence-electron chi connectivity index (χ2n) is 5.93. The highest BCUT2D eigenvalue weighted by molar-refractivity contribution is 7.98. The second kappa shape index (κ2) is 9.22. The van der Waals surface area contributed by atoms with Gasteiger partial charge in [0.1, 0.15) is 0 Å².